The lowest BCUT2D eigenvalue weighted by Crippen LogP contribution is -2.22. The van der Waals surface area contributed by atoms with E-state index in [0.717, 1.165) is 0 Å². The average molecular weight is 184 g/mol. The predicted molar refractivity (Wildman–Crippen MR) is 33.4 cm³/mol. The van der Waals surface area contributed by atoms with Gasteiger partial charge in [-0.25, -0.2) is 4.79 Å². The van der Waals surface area contributed by atoms with Crippen molar-refractivity contribution in [2.75, 3.05) is 6.61 Å². The molecule has 0 aromatic heterocycles. The molecule has 6 heteroatoms. The molecular formula is C6H7F3O3. The zero-order valence-electron chi connectivity index (χ0n) is 6.18. The van der Waals surface area contributed by atoms with Gasteiger partial charge in [0.05, 0.1) is 12.9 Å². The van der Waals surface area contributed by atoms with Crippen LogP contribution in [0, 0.1) is 0 Å². The highest BCUT2D eigenvalue weighted by molar-refractivity contribution is 5.89. The number of aliphatic hydroxyl groups excluding tert-OH is 1. The van der Waals surface area contributed by atoms with Gasteiger partial charge in [-0.2, -0.15) is 13.2 Å². The van der Waals surface area contributed by atoms with Gasteiger partial charge >= 0.3 is 12.1 Å². The molecule has 1 N–H and O–H groups in total. The summed E-state index contributed by atoms with van der Waals surface area (Å²) in [6, 6.07) is 0. The summed E-state index contributed by atoms with van der Waals surface area (Å²) >= 11 is 0. The molecule has 0 saturated heterocycles. The molecule has 0 unspecified atom stereocenters. The predicted octanol–water partition coefficient (Wildman–Crippen LogP) is 1.55. The second-order valence-electron chi connectivity index (χ2n) is 1.76. The van der Waals surface area contributed by atoms with Crippen LogP contribution in [0.25, 0.3) is 0 Å². The zero-order valence-corrected chi connectivity index (χ0v) is 6.18. The van der Waals surface area contributed by atoms with Crippen molar-refractivity contribution in [1.29, 1.82) is 0 Å². The first-order valence-electron chi connectivity index (χ1n) is 3.02. The van der Waals surface area contributed by atoms with Crippen molar-refractivity contribution >= 4 is 5.97 Å². The van der Waals surface area contributed by atoms with E-state index < -0.39 is 17.7 Å². The van der Waals surface area contributed by atoms with E-state index in [9.17, 15) is 18.0 Å². The molecule has 0 heterocycles. The SMILES string of the molecule is CCOC(=O)/C(=C\O)C(F)(F)F. The van der Waals surface area contributed by atoms with Crippen molar-refractivity contribution in [1.82, 2.24) is 0 Å². The highest BCUT2D eigenvalue weighted by Gasteiger charge is 2.40. The second-order valence-corrected chi connectivity index (χ2v) is 1.76. The fourth-order valence-electron chi connectivity index (χ4n) is 0.450. The van der Waals surface area contributed by atoms with Gasteiger partial charge < -0.3 is 9.84 Å². The number of aliphatic hydroxyl groups is 1. The maximum absolute atomic E-state index is 11.8. The number of rotatable bonds is 2. The number of halogens is 3. The Morgan fingerprint density at radius 1 is 1.58 bits per heavy atom. The highest BCUT2D eigenvalue weighted by atomic mass is 19.4. The average Bonchev–Trinajstić information content (AvgIpc) is 1.85. The Morgan fingerprint density at radius 3 is 2.33 bits per heavy atom. The number of carbonyl (C=O) groups excluding carboxylic acids is 1. The lowest BCUT2D eigenvalue weighted by atomic mass is 10.3. The Hall–Kier alpha value is -1.20. The van der Waals surface area contributed by atoms with Crippen molar-refractivity contribution < 1.29 is 27.8 Å². The molecule has 0 atom stereocenters. The number of esters is 1. The zero-order chi connectivity index (χ0) is 9.78. The number of ether oxygens (including phenoxy) is 1. The number of carbonyl (C=O) groups is 1. The van der Waals surface area contributed by atoms with Gasteiger partial charge in [0, 0.05) is 0 Å². The van der Waals surface area contributed by atoms with E-state index in [2.05, 4.69) is 4.74 Å². The van der Waals surface area contributed by atoms with Crippen molar-refractivity contribution in [3.63, 3.8) is 0 Å². The fourth-order valence-corrected chi connectivity index (χ4v) is 0.450. The third kappa shape index (κ3) is 2.81. The number of hydrogen-bond acceptors (Lipinski definition) is 3. The van der Waals surface area contributed by atoms with E-state index >= 15 is 0 Å². The van der Waals surface area contributed by atoms with Crippen LogP contribution < -0.4 is 0 Å². The van der Waals surface area contributed by atoms with Crippen LogP contribution in [0.5, 0.6) is 0 Å². The summed E-state index contributed by atoms with van der Waals surface area (Å²) in [5.41, 5.74) is -1.70. The van der Waals surface area contributed by atoms with Crippen LogP contribution in [0.4, 0.5) is 13.2 Å². The van der Waals surface area contributed by atoms with Gasteiger partial charge in [-0.05, 0) is 6.92 Å². The van der Waals surface area contributed by atoms with Crippen molar-refractivity contribution in [3.05, 3.63) is 11.8 Å². The first kappa shape index (κ1) is 10.8. The van der Waals surface area contributed by atoms with Gasteiger partial charge in [0.15, 0.2) is 5.57 Å². The molecule has 0 radical (unpaired) electrons. The monoisotopic (exact) mass is 184 g/mol. The summed E-state index contributed by atoms with van der Waals surface area (Å²) in [5.74, 6) is -1.58. The molecule has 0 aliphatic carbocycles. The molecule has 3 nitrogen and oxygen atoms in total. The first-order valence-corrected chi connectivity index (χ1v) is 3.02. The van der Waals surface area contributed by atoms with Crippen molar-refractivity contribution in [2.45, 2.75) is 13.1 Å². The maximum Gasteiger partial charge on any atom is 0.426 e. The lowest BCUT2D eigenvalue weighted by molar-refractivity contribution is -0.150. The van der Waals surface area contributed by atoms with Gasteiger partial charge in [-0.15, -0.1) is 0 Å². The summed E-state index contributed by atoms with van der Waals surface area (Å²) < 4.78 is 39.3. The van der Waals surface area contributed by atoms with E-state index in [0.29, 0.717) is 0 Å². The van der Waals surface area contributed by atoms with E-state index in [1.807, 2.05) is 0 Å². The molecule has 0 bridgehead atoms. The summed E-state index contributed by atoms with van der Waals surface area (Å²) in [6.45, 7) is 1.19. The molecule has 0 amide bonds. The molecular weight excluding hydrogens is 177 g/mol. The van der Waals surface area contributed by atoms with Crippen LogP contribution >= 0.6 is 0 Å². The minimum absolute atomic E-state index is 0.174. The highest BCUT2D eigenvalue weighted by Crippen LogP contribution is 2.25. The first-order chi connectivity index (χ1) is 5.43. The molecule has 0 fully saturated rings. The smallest absolute Gasteiger partial charge is 0.426 e. The molecule has 0 aliphatic heterocycles. The van der Waals surface area contributed by atoms with Crippen LogP contribution in [0.15, 0.2) is 11.8 Å². The topological polar surface area (TPSA) is 46.5 Å². The second kappa shape index (κ2) is 3.99. The fraction of sp³-hybridized carbons (Fsp3) is 0.500. The Labute approximate surface area is 66.4 Å². The minimum atomic E-state index is -4.87. The summed E-state index contributed by atoms with van der Waals surface area (Å²) in [5, 5.41) is 8.08. The van der Waals surface area contributed by atoms with Crippen molar-refractivity contribution in [2.24, 2.45) is 0 Å². The summed E-state index contributed by atoms with van der Waals surface area (Å²) in [4.78, 5) is 10.5. The van der Waals surface area contributed by atoms with E-state index in [-0.39, 0.29) is 12.9 Å². The molecule has 12 heavy (non-hydrogen) atoms. The van der Waals surface area contributed by atoms with Crippen LogP contribution in [0.1, 0.15) is 6.92 Å². The molecule has 0 saturated carbocycles. The summed E-state index contributed by atoms with van der Waals surface area (Å²) in [7, 11) is 0. The summed E-state index contributed by atoms with van der Waals surface area (Å²) in [6.07, 6.45) is -5.18. The van der Waals surface area contributed by atoms with Crippen molar-refractivity contribution in [3.8, 4) is 0 Å². The van der Waals surface area contributed by atoms with E-state index in [1.54, 1.807) is 0 Å². The molecule has 70 valence electrons. The molecule has 0 aromatic carbocycles. The third-order valence-corrected chi connectivity index (χ3v) is 0.930. The molecule has 0 aromatic rings. The quantitative estimate of drug-likeness (QED) is 0.402. The minimum Gasteiger partial charge on any atom is -0.515 e. The maximum atomic E-state index is 11.8. The molecule has 0 spiro atoms. The Bertz CT molecular complexity index is 195. The Kier molecular flexibility index (Phi) is 3.59. The Morgan fingerprint density at radius 2 is 2.08 bits per heavy atom. The van der Waals surface area contributed by atoms with Gasteiger partial charge in [0.1, 0.15) is 0 Å². The van der Waals surface area contributed by atoms with Gasteiger partial charge in [-0.3, -0.25) is 0 Å². The van der Waals surface area contributed by atoms with Crippen LogP contribution in [-0.4, -0.2) is 23.9 Å². The number of hydrogen-bond donors (Lipinski definition) is 1. The Balaban J connectivity index is 4.49. The van der Waals surface area contributed by atoms with Gasteiger partial charge in [0.25, 0.3) is 0 Å². The normalized spacial score (nSPS) is 12.8. The van der Waals surface area contributed by atoms with E-state index in [1.165, 1.54) is 6.92 Å². The number of alkyl halides is 3. The van der Waals surface area contributed by atoms with Crippen LogP contribution in [-0.2, 0) is 9.53 Å². The standard InChI is InChI=1S/C6H7F3O3/c1-2-12-5(11)4(3-10)6(7,8)9/h3,10H,2H2,1H3/b4-3+. The third-order valence-electron chi connectivity index (χ3n) is 0.930. The van der Waals surface area contributed by atoms with Crippen LogP contribution in [0.3, 0.4) is 0 Å². The van der Waals surface area contributed by atoms with Gasteiger partial charge in [0.2, 0.25) is 0 Å². The molecule has 0 aliphatic rings. The van der Waals surface area contributed by atoms with Gasteiger partial charge in [-0.1, -0.05) is 0 Å². The van der Waals surface area contributed by atoms with E-state index in [4.69, 9.17) is 5.11 Å². The lowest BCUT2D eigenvalue weighted by Gasteiger charge is -2.08. The van der Waals surface area contributed by atoms with Crippen LogP contribution in [0.2, 0.25) is 0 Å². The largest absolute Gasteiger partial charge is 0.515 e. The molecule has 0 rings (SSSR count).